The molecule has 122 valence electrons. The summed E-state index contributed by atoms with van der Waals surface area (Å²) in [7, 11) is 0. The Morgan fingerprint density at radius 3 is 3.09 bits per heavy atom. The number of rotatable bonds is 2. The summed E-state index contributed by atoms with van der Waals surface area (Å²) in [6, 6.07) is 1.88. The maximum Gasteiger partial charge on any atom is 0.276 e. The lowest BCUT2D eigenvalue weighted by molar-refractivity contribution is -0.0629. The highest BCUT2D eigenvalue weighted by molar-refractivity contribution is 5.92. The van der Waals surface area contributed by atoms with E-state index in [1.54, 1.807) is 17.2 Å². The molecule has 0 spiro atoms. The largest absolute Gasteiger partial charge is 0.368 e. The van der Waals surface area contributed by atoms with E-state index < -0.39 is 0 Å². The summed E-state index contributed by atoms with van der Waals surface area (Å²) >= 11 is 0. The fraction of sp³-hybridized carbons (Fsp3) is 0.600. The Hall–Kier alpha value is -2.22. The van der Waals surface area contributed by atoms with Gasteiger partial charge in [0.05, 0.1) is 30.6 Å². The van der Waals surface area contributed by atoms with Gasteiger partial charge < -0.3 is 14.2 Å². The number of carbonyl (C=O) groups excluding carboxylic acids is 1. The molecular formula is C15H19N5O3. The first-order valence-electron chi connectivity index (χ1n) is 7.90. The van der Waals surface area contributed by atoms with Crippen molar-refractivity contribution in [3.63, 3.8) is 0 Å². The van der Waals surface area contributed by atoms with Gasteiger partial charge in [-0.15, -0.1) is 5.10 Å². The van der Waals surface area contributed by atoms with Crippen LogP contribution in [0, 0.1) is 0 Å². The van der Waals surface area contributed by atoms with E-state index in [4.69, 9.17) is 9.26 Å². The highest BCUT2D eigenvalue weighted by atomic mass is 16.5. The van der Waals surface area contributed by atoms with Gasteiger partial charge in [0.25, 0.3) is 5.91 Å². The third-order valence-corrected chi connectivity index (χ3v) is 4.54. The Bertz CT molecular complexity index is 722. The first-order valence-corrected chi connectivity index (χ1v) is 7.90. The third-order valence-electron chi connectivity index (χ3n) is 4.54. The van der Waals surface area contributed by atoms with E-state index in [9.17, 15) is 4.79 Å². The first kappa shape index (κ1) is 14.4. The zero-order valence-corrected chi connectivity index (χ0v) is 13.2. The number of nitrogens with zero attached hydrogens (tertiary/aromatic N) is 5. The summed E-state index contributed by atoms with van der Waals surface area (Å²) in [5.74, 6) is 0.832. The minimum absolute atomic E-state index is 0.0571. The molecule has 2 aromatic rings. The number of hydrogen-bond donors (Lipinski definition) is 0. The van der Waals surface area contributed by atoms with E-state index >= 15 is 0 Å². The molecule has 0 saturated carbocycles. The molecule has 4 rings (SSSR count). The van der Waals surface area contributed by atoms with E-state index in [0.717, 1.165) is 17.9 Å². The lowest BCUT2D eigenvalue weighted by Crippen LogP contribution is -2.50. The minimum atomic E-state index is -0.105. The monoisotopic (exact) mass is 317 g/mol. The molecule has 0 radical (unpaired) electrons. The predicted octanol–water partition coefficient (Wildman–Crippen LogP) is 1.38. The smallest absolute Gasteiger partial charge is 0.276 e. The Balaban J connectivity index is 1.49. The third kappa shape index (κ3) is 2.42. The molecule has 1 saturated heterocycles. The molecular weight excluding hydrogens is 298 g/mol. The number of hydrogen-bond acceptors (Lipinski definition) is 6. The van der Waals surface area contributed by atoms with Crippen molar-refractivity contribution in [3.8, 4) is 0 Å². The van der Waals surface area contributed by atoms with E-state index in [0.29, 0.717) is 25.4 Å². The van der Waals surface area contributed by atoms with Gasteiger partial charge in [0, 0.05) is 25.1 Å². The molecule has 1 amide bonds. The molecule has 0 aromatic carbocycles. The van der Waals surface area contributed by atoms with Crippen LogP contribution in [0.3, 0.4) is 0 Å². The number of piperidine rings is 1. The second-order valence-corrected chi connectivity index (χ2v) is 6.40. The summed E-state index contributed by atoms with van der Waals surface area (Å²) < 4.78 is 13.1. The molecule has 0 N–H and O–H groups in total. The van der Waals surface area contributed by atoms with Gasteiger partial charge in [-0.05, 0) is 6.42 Å². The molecule has 2 aliphatic heterocycles. The second kappa shape index (κ2) is 5.45. The normalized spacial score (nSPS) is 23.7. The molecule has 2 aromatic heterocycles. The molecule has 2 aliphatic rings. The Kier molecular flexibility index (Phi) is 3.41. The molecule has 0 unspecified atom stereocenters. The first-order chi connectivity index (χ1) is 11.1. The standard InChI is InChI=1S/C15H19N5O3/c1-9(2)13-5-11(17-23-13)15(21)19-4-3-12-14(7-19)22-8-10-6-16-18-20(10)12/h5-6,9,12,14H,3-4,7-8H2,1-2H3/t12-,14-/m0/s1. The average molecular weight is 317 g/mol. The molecule has 1 fully saturated rings. The van der Waals surface area contributed by atoms with E-state index in [1.807, 2.05) is 18.5 Å². The zero-order valence-electron chi connectivity index (χ0n) is 13.2. The molecule has 0 bridgehead atoms. The molecule has 8 heteroatoms. The maximum absolute atomic E-state index is 12.6. The van der Waals surface area contributed by atoms with Crippen LogP contribution in [-0.2, 0) is 11.3 Å². The van der Waals surface area contributed by atoms with Crippen molar-refractivity contribution in [2.75, 3.05) is 13.1 Å². The number of amides is 1. The molecule has 2 atom stereocenters. The van der Waals surface area contributed by atoms with Crippen LogP contribution in [0.2, 0.25) is 0 Å². The molecule has 8 nitrogen and oxygen atoms in total. The van der Waals surface area contributed by atoms with E-state index in [-0.39, 0.29) is 24.0 Å². The van der Waals surface area contributed by atoms with Gasteiger partial charge >= 0.3 is 0 Å². The molecule has 0 aliphatic carbocycles. The van der Waals surface area contributed by atoms with Crippen LogP contribution in [0.15, 0.2) is 16.8 Å². The number of fused-ring (bicyclic) bond motifs is 3. The van der Waals surface area contributed by atoms with Gasteiger partial charge in [-0.25, -0.2) is 4.68 Å². The van der Waals surface area contributed by atoms with Gasteiger partial charge in [-0.2, -0.15) is 0 Å². The Morgan fingerprint density at radius 2 is 2.30 bits per heavy atom. The summed E-state index contributed by atoms with van der Waals surface area (Å²) in [5.41, 5.74) is 1.36. The van der Waals surface area contributed by atoms with Crippen LogP contribution in [0.4, 0.5) is 0 Å². The number of aromatic nitrogens is 4. The van der Waals surface area contributed by atoms with Crippen molar-refractivity contribution in [3.05, 3.63) is 29.4 Å². The predicted molar refractivity (Wildman–Crippen MR) is 78.7 cm³/mol. The summed E-state index contributed by atoms with van der Waals surface area (Å²) in [5, 5.41) is 12.0. The lowest BCUT2D eigenvalue weighted by atomic mass is 10.00. The number of ether oxygens (including phenoxy) is 1. The van der Waals surface area contributed by atoms with Gasteiger partial charge in [0.15, 0.2) is 5.69 Å². The van der Waals surface area contributed by atoms with Crippen LogP contribution in [0.5, 0.6) is 0 Å². The number of carbonyl (C=O) groups is 1. The Labute approximate surface area is 133 Å². The second-order valence-electron chi connectivity index (χ2n) is 6.40. The number of likely N-dealkylation sites (tertiary alicyclic amines) is 1. The van der Waals surface area contributed by atoms with Crippen molar-refractivity contribution in [1.82, 2.24) is 25.1 Å². The van der Waals surface area contributed by atoms with Crippen molar-refractivity contribution >= 4 is 5.91 Å². The zero-order chi connectivity index (χ0) is 16.0. The summed E-state index contributed by atoms with van der Waals surface area (Å²) in [6.45, 7) is 5.68. The maximum atomic E-state index is 12.6. The van der Waals surface area contributed by atoms with Crippen LogP contribution in [-0.4, -0.2) is 50.2 Å². The average Bonchev–Trinajstić information content (AvgIpc) is 3.22. The van der Waals surface area contributed by atoms with Crippen molar-refractivity contribution in [1.29, 1.82) is 0 Å². The quantitative estimate of drug-likeness (QED) is 0.831. The van der Waals surface area contributed by atoms with Crippen LogP contribution in [0.1, 0.15) is 54.2 Å². The van der Waals surface area contributed by atoms with Gasteiger partial charge in [-0.1, -0.05) is 24.2 Å². The van der Waals surface area contributed by atoms with Crippen LogP contribution >= 0.6 is 0 Å². The fourth-order valence-electron chi connectivity index (χ4n) is 3.20. The van der Waals surface area contributed by atoms with Gasteiger partial charge in [0.1, 0.15) is 5.76 Å². The topological polar surface area (TPSA) is 86.3 Å². The SMILES string of the molecule is CC(C)c1cc(C(=O)N2CC[C@H]3[C@H](C2)OCc2cnnn23)no1. The molecule has 23 heavy (non-hydrogen) atoms. The summed E-state index contributed by atoms with van der Waals surface area (Å²) in [4.78, 5) is 14.4. The van der Waals surface area contributed by atoms with Crippen LogP contribution in [0.25, 0.3) is 0 Å². The highest BCUT2D eigenvalue weighted by Crippen LogP contribution is 2.31. The fourth-order valence-corrected chi connectivity index (χ4v) is 3.20. The van der Waals surface area contributed by atoms with Crippen LogP contribution < -0.4 is 0 Å². The van der Waals surface area contributed by atoms with E-state index in [2.05, 4.69) is 15.5 Å². The van der Waals surface area contributed by atoms with Gasteiger partial charge in [-0.3, -0.25) is 4.79 Å². The highest BCUT2D eigenvalue weighted by Gasteiger charge is 2.38. The van der Waals surface area contributed by atoms with E-state index in [1.165, 1.54) is 0 Å². The molecule has 4 heterocycles. The van der Waals surface area contributed by atoms with Crippen molar-refractivity contribution < 1.29 is 14.1 Å². The van der Waals surface area contributed by atoms with Crippen molar-refractivity contribution in [2.24, 2.45) is 0 Å². The summed E-state index contributed by atoms with van der Waals surface area (Å²) in [6.07, 6.45) is 2.47. The minimum Gasteiger partial charge on any atom is -0.368 e. The lowest BCUT2D eigenvalue weighted by Gasteiger charge is -2.40. The van der Waals surface area contributed by atoms with Crippen molar-refractivity contribution in [2.45, 2.75) is 44.9 Å². The Morgan fingerprint density at radius 1 is 1.43 bits per heavy atom. The van der Waals surface area contributed by atoms with Gasteiger partial charge in [0.2, 0.25) is 0 Å².